The van der Waals surface area contributed by atoms with Gasteiger partial charge < -0.3 is 18.9 Å². The van der Waals surface area contributed by atoms with Crippen molar-refractivity contribution in [2.45, 2.75) is 114 Å². The molecule has 0 spiro atoms. The summed E-state index contributed by atoms with van der Waals surface area (Å²) < 4.78 is 20.9. The van der Waals surface area contributed by atoms with E-state index >= 15 is 0 Å². The predicted molar refractivity (Wildman–Crippen MR) is 170 cm³/mol. The molecule has 2 unspecified atom stereocenters. The normalized spacial score (nSPS) is 13.8. The van der Waals surface area contributed by atoms with E-state index in [1.54, 1.807) is 0 Å². The highest BCUT2D eigenvalue weighted by molar-refractivity contribution is 7.82. The summed E-state index contributed by atoms with van der Waals surface area (Å²) in [5.41, 5.74) is 1.13. The fourth-order valence-electron chi connectivity index (χ4n) is 4.29. The largest absolute Gasteiger partial charge is 0.466 e. The van der Waals surface area contributed by atoms with Crippen molar-refractivity contribution in [1.82, 2.24) is 0 Å². The zero-order valence-corrected chi connectivity index (χ0v) is 27.3. The summed E-state index contributed by atoms with van der Waals surface area (Å²) in [6, 6.07) is 10.3. The van der Waals surface area contributed by atoms with Crippen LogP contribution in [-0.2, 0) is 43.5 Å². The molecule has 1 rings (SSSR count). The number of rotatable bonds is 23. The Kier molecular flexibility index (Phi) is 20.1. The van der Waals surface area contributed by atoms with E-state index in [-0.39, 0.29) is 31.5 Å². The third-order valence-corrected chi connectivity index (χ3v) is 7.78. The van der Waals surface area contributed by atoms with E-state index in [4.69, 9.17) is 18.9 Å². The van der Waals surface area contributed by atoms with Crippen molar-refractivity contribution in [1.29, 1.82) is 0 Å². The van der Waals surface area contributed by atoms with Crippen molar-refractivity contribution in [2.24, 2.45) is 0 Å². The lowest BCUT2D eigenvalue weighted by Crippen LogP contribution is -2.24. The molecule has 0 N–H and O–H groups in total. The first-order chi connectivity index (χ1) is 20.1. The smallest absolute Gasteiger partial charge is 0.319 e. The number of ether oxygens (including phenoxy) is 4. The topological polar surface area (TPSA) is 105 Å². The molecule has 0 aliphatic rings. The van der Waals surface area contributed by atoms with Gasteiger partial charge in [-0.25, -0.2) is 0 Å². The average Bonchev–Trinajstić information content (AvgIpc) is 2.97. The summed E-state index contributed by atoms with van der Waals surface area (Å²) >= 11 is 8.41. The van der Waals surface area contributed by atoms with E-state index in [0.29, 0.717) is 26.1 Å². The van der Waals surface area contributed by atoms with E-state index in [1.807, 2.05) is 32.0 Å². The van der Waals surface area contributed by atoms with Gasteiger partial charge in [0.05, 0.1) is 39.3 Å². The van der Waals surface area contributed by atoms with Gasteiger partial charge in [-0.15, -0.1) is 0 Å². The van der Waals surface area contributed by atoms with Crippen LogP contribution in [0.4, 0.5) is 0 Å². The van der Waals surface area contributed by atoms with Gasteiger partial charge >= 0.3 is 23.9 Å². The molecule has 10 heteroatoms. The summed E-state index contributed by atoms with van der Waals surface area (Å²) in [5.74, 6) is -1.91. The molecular formula is C32H50O8S2. The predicted octanol–water partition coefficient (Wildman–Crippen LogP) is 6.43. The van der Waals surface area contributed by atoms with E-state index in [2.05, 4.69) is 44.3 Å². The number of hydrogen-bond acceptors (Lipinski definition) is 10. The molecule has 0 saturated carbocycles. The number of hydrogen-bond donors (Lipinski definition) is 2. The Hall–Kier alpha value is -2.20. The van der Waals surface area contributed by atoms with Gasteiger partial charge in [-0.1, -0.05) is 63.9 Å². The summed E-state index contributed by atoms with van der Waals surface area (Å²) in [6.07, 6.45) is 8.08. The monoisotopic (exact) mass is 626 g/mol. The third kappa shape index (κ3) is 16.4. The van der Waals surface area contributed by atoms with E-state index in [9.17, 15) is 19.2 Å². The maximum absolute atomic E-state index is 12.2. The molecule has 0 aliphatic carbocycles. The van der Waals surface area contributed by atoms with Crippen LogP contribution in [0.15, 0.2) is 30.3 Å². The van der Waals surface area contributed by atoms with Gasteiger partial charge in [0, 0.05) is 0 Å². The highest BCUT2D eigenvalue weighted by Crippen LogP contribution is 2.34. The lowest BCUT2D eigenvalue weighted by Gasteiger charge is -2.31. The number of carbonyl (C=O) groups is 4. The molecule has 1 aromatic rings. The van der Waals surface area contributed by atoms with Crippen molar-refractivity contribution in [3.05, 3.63) is 35.9 Å². The first kappa shape index (κ1) is 37.8. The molecule has 0 aliphatic heterocycles. The molecule has 0 fully saturated rings. The van der Waals surface area contributed by atoms with Crippen molar-refractivity contribution < 1.29 is 38.1 Å². The summed E-state index contributed by atoms with van der Waals surface area (Å²) in [4.78, 5) is 48.0. The zero-order valence-electron chi connectivity index (χ0n) is 25.5. The van der Waals surface area contributed by atoms with Gasteiger partial charge in [0.2, 0.25) is 0 Å². The Balaban J connectivity index is 2.42. The van der Waals surface area contributed by atoms with E-state index in [1.165, 1.54) is 5.56 Å². The first-order valence-electron chi connectivity index (χ1n) is 15.2. The maximum atomic E-state index is 12.2. The molecule has 0 aromatic heterocycles. The van der Waals surface area contributed by atoms with Crippen LogP contribution in [-0.4, -0.2) is 60.8 Å². The zero-order chi connectivity index (χ0) is 31.2. The highest BCUT2D eigenvalue weighted by atomic mass is 32.1. The SMILES string of the molecule is CCCCOC(=O)CC(S)C(=O)OCCCCC(C)(CCCCOC(=O)C(S)CC(=O)OCCCC)c1ccccc1. The number of benzene rings is 1. The van der Waals surface area contributed by atoms with Gasteiger partial charge in [0.15, 0.2) is 0 Å². The van der Waals surface area contributed by atoms with Crippen molar-refractivity contribution in [2.75, 3.05) is 26.4 Å². The Morgan fingerprint density at radius 3 is 1.45 bits per heavy atom. The van der Waals surface area contributed by atoms with Crippen molar-refractivity contribution in [3.8, 4) is 0 Å². The highest BCUT2D eigenvalue weighted by Gasteiger charge is 2.26. The number of unbranched alkanes of at least 4 members (excludes halogenated alkanes) is 4. The fourth-order valence-corrected chi connectivity index (χ4v) is 4.73. The lowest BCUT2D eigenvalue weighted by atomic mass is 9.74. The molecule has 42 heavy (non-hydrogen) atoms. The number of esters is 4. The lowest BCUT2D eigenvalue weighted by molar-refractivity contribution is -0.149. The molecule has 2 atom stereocenters. The van der Waals surface area contributed by atoms with Gasteiger partial charge in [-0.3, -0.25) is 19.2 Å². The average molecular weight is 627 g/mol. The molecule has 1 aromatic carbocycles. The van der Waals surface area contributed by atoms with Gasteiger partial charge in [-0.05, 0) is 62.3 Å². The van der Waals surface area contributed by atoms with Crippen molar-refractivity contribution in [3.63, 3.8) is 0 Å². The molecule has 0 saturated heterocycles. The standard InChI is InChI=1S/C32H50O8S2/c1-4-6-19-37-28(33)23-26(41)30(35)39-21-13-11-17-32(3,25-15-9-8-10-16-25)18-12-14-22-40-31(36)27(42)24-29(34)38-20-7-5-2/h8-10,15-16,26-27,41-42H,4-7,11-14,17-24H2,1-3H3. The molecule has 8 nitrogen and oxygen atoms in total. The minimum atomic E-state index is -0.833. The maximum Gasteiger partial charge on any atom is 0.319 e. The van der Waals surface area contributed by atoms with Crippen LogP contribution in [0.3, 0.4) is 0 Å². The third-order valence-electron chi connectivity index (χ3n) is 6.99. The van der Waals surface area contributed by atoms with Crippen molar-refractivity contribution >= 4 is 49.1 Å². The summed E-state index contributed by atoms with van der Waals surface area (Å²) in [7, 11) is 0. The first-order valence-corrected chi connectivity index (χ1v) is 16.2. The number of carbonyl (C=O) groups excluding carboxylic acids is 4. The molecule has 0 amide bonds. The Morgan fingerprint density at radius 2 is 1.05 bits per heavy atom. The van der Waals surface area contributed by atoms with Gasteiger partial charge in [0.25, 0.3) is 0 Å². The Bertz CT molecular complexity index is 872. The second-order valence-corrected chi connectivity index (χ2v) is 12.0. The van der Waals surface area contributed by atoms with E-state index in [0.717, 1.165) is 51.4 Å². The van der Waals surface area contributed by atoms with Crippen LogP contribution >= 0.6 is 25.3 Å². The van der Waals surface area contributed by atoms with Crippen LogP contribution in [0.2, 0.25) is 0 Å². The van der Waals surface area contributed by atoms with Crippen LogP contribution in [0, 0.1) is 0 Å². The van der Waals surface area contributed by atoms with Gasteiger partial charge in [-0.2, -0.15) is 25.3 Å². The molecule has 0 heterocycles. The quantitative estimate of drug-likeness (QED) is 0.0620. The van der Waals surface area contributed by atoms with Crippen LogP contribution in [0.5, 0.6) is 0 Å². The Labute approximate surface area is 262 Å². The summed E-state index contributed by atoms with van der Waals surface area (Å²) in [6.45, 7) is 7.46. The minimum Gasteiger partial charge on any atom is -0.466 e. The second-order valence-electron chi connectivity index (χ2n) is 10.8. The molecular weight excluding hydrogens is 576 g/mol. The van der Waals surface area contributed by atoms with E-state index < -0.39 is 34.4 Å². The van der Waals surface area contributed by atoms with Crippen LogP contribution in [0.1, 0.15) is 103 Å². The second kappa shape index (κ2) is 22.4. The molecule has 0 bridgehead atoms. The number of thiol groups is 2. The molecule has 0 radical (unpaired) electrons. The fraction of sp³-hybridized carbons (Fsp3) is 0.688. The Morgan fingerprint density at radius 1 is 0.643 bits per heavy atom. The minimum absolute atomic E-state index is 0.0993. The van der Waals surface area contributed by atoms with Crippen LogP contribution in [0.25, 0.3) is 0 Å². The van der Waals surface area contributed by atoms with Gasteiger partial charge in [0.1, 0.15) is 10.5 Å². The van der Waals surface area contributed by atoms with Crippen LogP contribution < -0.4 is 0 Å². The summed E-state index contributed by atoms with van der Waals surface area (Å²) in [5, 5.41) is -1.67. The molecule has 238 valence electrons.